The van der Waals surface area contributed by atoms with Crippen molar-refractivity contribution in [1.82, 2.24) is 9.97 Å². The molecule has 0 fully saturated rings. The zero-order chi connectivity index (χ0) is 14.0. The summed E-state index contributed by atoms with van der Waals surface area (Å²) in [5.74, 6) is -1.26. The molecule has 1 aromatic carbocycles. The molecule has 8 heteroatoms. The van der Waals surface area contributed by atoms with Crippen LogP contribution >= 0.6 is 23.2 Å². The van der Waals surface area contributed by atoms with Crippen LogP contribution in [0.2, 0.25) is 10.2 Å². The van der Waals surface area contributed by atoms with E-state index in [0.29, 0.717) is 0 Å². The summed E-state index contributed by atoms with van der Waals surface area (Å²) < 4.78 is 12.9. The zero-order valence-electron chi connectivity index (χ0n) is 9.21. The van der Waals surface area contributed by atoms with Crippen molar-refractivity contribution in [2.75, 3.05) is 5.32 Å². The third-order valence-electron chi connectivity index (χ3n) is 2.12. The molecule has 0 radical (unpaired) electrons. The molecule has 2 N–H and O–H groups in total. The van der Waals surface area contributed by atoms with Gasteiger partial charge in [0.15, 0.2) is 0 Å². The molecule has 5 nitrogen and oxygen atoms in total. The Labute approximate surface area is 116 Å². The van der Waals surface area contributed by atoms with Gasteiger partial charge in [0.25, 0.3) is 5.91 Å². The highest BCUT2D eigenvalue weighted by Gasteiger charge is 2.11. The van der Waals surface area contributed by atoms with Gasteiger partial charge in [0.1, 0.15) is 16.7 Å². The summed E-state index contributed by atoms with van der Waals surface area (Å²) in [6, 6.07) is 4.87. The van der Waals surface area contributed by atoms with Crippen molar-refractivity contribution in [2.24, 2.45) is 0 Å². The topological polar surface area (TPSA) is 74.8 Å². The third-order valence-corrected chi connectivity index (χ3v) is 2.62. The first kappa shape index (κ1) is 13.5. The minimum absolute atomic E-state index is 0.0118. The van der Waals surface area contributed by atoms with Gasteiger partial charge in [-0.05, 0) is 18.2 Å². The fourth-order valence-electron chi connectivity index (χ4n) is 1.31. The van der Waals surface area contributed by atoms with E-state index >= 15 is 0 Å². The monoisotopic (exact) mass is 301 g/mol. The molecule has 2 rings (SSSR count). The fourth-order valence-corrected chi connectivity index (χ4v) is 1.68. The van der Waals surface area contributed by atoms with Gasteiger partial charge in [0, 0.05) is 11.8 Å². The Bertz CT molecular complexity index is 703. The second kappa shape index (κ2) is 5.38. The van der Waals surface area contributed by atoms with Crippen LogP contribution < -0.4 is 11.0 Å². The maximum atomic E-state index is 12.9. The summed E-state index contributed by atoms with van der Waals surface area (Å²) in [7, 11) is 0. The summed E-state index contributed by atoms with van der Waals surface area (Å²) in [5.41, 5.74) is -0.626. The Hall–Kier alpha value is -1.92. The fraction of sp³-hybridized carbons (Fsp3) is 0. The number of anilines is 1. The van der Waals surface area contributed by atoms with Crippen LogP contribution in [0.5, 0.6) is 0 Å². The molecule has 1 amide bonds. The molecule has 0 saturated carbocycles. The number of nitrogens with zero attached hydrogens (tertiary/aromatic N) is 1. The average Bonchev–Trinajstić information content (AvgIpc) is 2.32. The minimum atomic E-state index is -0.741. The molecule has 2 aromatic rings. The highest BCUT2D eigenvalue weighted by Crippen LogP contribution is 2.19. The van der Waals surface area contributed by atoms with Gasteiger partial charge in [-0.1, -0.05) is 23.2 Å². The average molecular weight is 302 g/mol. The molecule has 98 valence electrons. The maximum absolute atomic E-state index is 12.9. The molecule has 0 aliphatic heterocycles. The largest absolute Gasteiger partial charge is 0.346 e. The second-order valence-electron chi connectivity index (χ2n) is 3.50. The lowest BCUT2D eigenvalue weighted by atomic mass is 10.3. The normalized spacial score (nSPS) is 10.3. The smallest absolute Gasteiger partial charge is 0.321 e. The second-order valence-corrected chi connectivity index (χ2v) is 4.32. The van der Waals surface area contributed by atoms with Gasteiger partial charge in [-0.15, -0.1) is 0 Å². The number of nitrogens with one attached hydrogen (secondary N) is 2. The Morgan fingerprint density at radius 2 is 2.05 bits per heavy atom. The quantitative estimate of drug-likeness (QED) is 0.837. The molecule has 0 aliphatic rings. The molecular weight excluding hydrogens is 296 g/mol. The number of hydrogen-bond acceptors (Lipinski definition) is 3. The van der Waals surface area contributed by atoms with E-state index in [-0.39, 0.29) is 21.6 Å². The standard InChI is InChI=1S/C11H6Cl2FN3O2/c12-6-3-5(1-2-7(6)14)15-10(18)8-4-9(13)17-11(19)16-8/h1-4H,(H,15,18)(H,16,17,19). The van der Waals surface area contributed by atoms with Gasteiger partial charge < -0.3 is 5.32 Å². The Morgan fingerprint density at radius 3 is 2.68 bits per heavy atom. The van der Waals surface area contributed by atoms with Crippen molar-refractivity contribution < 1.29 is 9.18 Å². The summed E-state index contributed by atoms with van der Waals surface area (Å²) in [6.45, 7) is 0. The first-order valence-corrected chi connectivity index (χ1v) is 5.74. The van der Waals surface area contributed by atoms with Gasteiger partial charge in [-0.3, -0.25) is 9.78 Å². The number of halogens is 3. The summed E-state index contributed by atoms with van der Waals surface area (Å²) >= 11 is 11.2. The zero-order valence-corrected chi connectivity index (χ0v) is 10.7. The third kappa shape index (κ3) is 3.30. The molecule has 0 atom stereocenters. The lowest BCUT2D eigenvalue weighted by molar-refractivity contribution is 0.102. The van der Waals surface area contributed by atoms with E-state index in [2.05, 4.69) is 15.3 Å². The van der Waals surface area contributed by atoms with Crippen molar-refractivity contribution in [3.05, 3.63) is 56.4 Å². The molecule has 0 unspecified atom stereocenters. The predicted octanol–water partition coefficient (Wildman–Crippen LogP) is 2.47. The predicted molar refractivity (Wildman–Crippen MR) is 69.2 cm³/mol. The van der Waals surface area contributed by atoms with Crippen LogP contribution in [0.3, 0.4) is 0 Å². The van der Waals surface area contributed by atoms with Crippen LogP contribution in [0, 0.1) is 5.82 Å². The number of carbonyl (C=O) groups excluding carboxylic acids is 1. The number of carbonyl (C=O) groups is 1. The Kier molecular flexibility index (Phi) is 3.82. The highest BCUT2D eigenvalue weighted by atomic mass is 35.5. The Balaban J connectivity index is 2.25. The van der Waals surface area contributed by atoms with Crippen LogP contribution in [0.1, 0.15) is 10.5 Å². The first-order valence-electron chi connectivity index (χ1n) is 4.99. The number of amides is 1. The van der Waals surface area contributed by atoms with Crippen molar-refractivity contribution in [2.45, 2.75) is 0 Å². The molecular formula is C11H6Cl2FN3O2. The van der Waals surface area contributed by atoms with Crippen LogP contribution in [0.4, 0.5) is 10.1 Å². The SMILES string of the molecule is O=C(Nc1ccc(F)c(Cl)c1)c1cc(Cl)[nH]c(=O)n1. The minimum Gasteiger partial charge on any atom is -0.321 e. The summed E-state index contributed by atoms with van der Waals surface area (Å²) in [6.07, 6.45) is 0. The van der Waals surface area contributed by atoms with E-state index in [1.165, 1.54) is 18.2 Å². The van der Waals surface area contributed by atoms with E-state index in [0.717, 1.165) is 6.07 Å². The first-order chi connectivity index (χ1) is 8.95. The number of hydrogen-bond donors (Lipinski definition) is 2. The van der Waals surface area contributed by atoms with Gasteiger partial charge in [0.05, 0.1) is 5.02 Å². The number of H-pyrrole nitrogens is 1. The van der Waals surface area contributed by atoms with Gasteiger partial charge in [0.2, 0.25) is 0 Å². The summed E-state index contributed by atoms with van der Waals surface area (Å²) in [5, 5.41) is 2.28. The molecule has 0 saturated heterocycles. The van der Waals surface area contributed by atoms with Crippen molar-refractivity contribution in [3.8, 4) is 0 Å². The lowest BCUT2D eigenvalue weighted by Crippen LogP contribution is -2.20. The number of aromatic amines is 1. The van der Waals surface area contributed by atoms with E-state index in [9.17, 15) is 14.0 Å². The highest BCUT2D eigenvalue weighted by molar-refractivity contribution is 6.31. The number of aromatic nitrogens is 2. The number of benzene rings is 1. The van der Waals surface area contributed by atoms with E-state index in [1.54, 1.807) is 0 Å². The van der Waals surface area contributed by atoms with Gasteiger partial charge in [-0.25, -0.2) is 9.18 Å². The molecule has 0 spiro atoms. The molecule has 1 aromatic heterocycles. The van der Waals surface area contributed by atoms with Crippen LogP contribution in [0.25, 0.3) is 0 Å². The van der Waals surface area contributed by atoms with Crippen molar-refractivity contribution in [1.29, 1.82) is 0 Å². The lowest BCUT2D eigenvalue weighted by Gasteiger charge is -2.05. The van der Waals surface area contributed by atoms with Gasteiger partial charge in [-0.2, -0.15) is 4.98 Å². The molecule has 1 heterocycles. The molecule has 0 aliphatic carbocycles. The van der Waals surface area contributed by atoms with Crippen LogP contribution in [-0.2, 0) is 0 Å². The van der Waals surface area contributed by atoms with E-state index < -0.39 is 17.4 Å². The number of rotatable bonds is 2. The maximum Gasteiger partial charge on any atom is 0.346 e. The van der Waals surface area contributed by atoms with Crippen LogP contribution in [-0.4, -0.2) is 15.9 Å². The molecule has 19 heavy (non-hydrogen) atoms. The van der Waals surface area contributed by atoms with E-state index in [1.807, 2.05) is 0 Å². The van der Waals surface area contributed by atoms with Crippen LogP contribution in [0.15, 0.2) is 29.1 Å². The molecule has 0 bridgehead atoms. The van der Waals surface area contributed by atoms with Gasteiger partial charge >= 0.3 is 5.69 Å². The van der Waals surface area contributed by atoms with Crippen molar-refractivity contribution >= 4 is 34.8 Å². The summed E-state index contributed by atoms with van der Waals surface area (Å²) in [4.78, 5) is 28.5. The Morgan fingerprint density at radius 1 is 1.32 bits per heavy atom. The van der Waals surface area contributed by atoms with Crippen molar-refractivity contribution in [3.63, 3.8) is 0 Å². The van der Waals surface area contributed by atoms with E-state index in [4.69, 9.17) is 23.2 Å².